The van der Waals surface area contributed by atoms with Gasteiger partial charge in [0.25, 0.3) is 11.6 Å². The van der Waals surface area contributed by atoms with E-state index in [1.54, 1.807) is 30.3 Å². The number of nitro groups is 1. The van der Waals surface area contributed by atoms with Crippen molar-refractivity contribution in [2.75, 3.05) is 13.2 Å². The Morgan fingerprint density at radius 2 is 1.81 bits per heavy atom. The summed E-state index contributed by atoms with van der Waals surface area (Å²) in [5.74, 6) is 0.130. The van der Waals surface area contributed by atoms with Gasteiger partial charge in [-0.15, -0.1) is 0 Å². The average molecular weight is 353 g/mol. The quantitative estimate of drug-likeness (QED) is 0.255. The van der Waals surface area contributed by atoms with Crippen molar-refractivity contribution in [3.8, 4) is 17.6 Å². The summed E-state index contributed by atoms with van der Waals surface area (Å²) in [5, 5.41) is 19.5. The number of benzene rings is 2. The van der Waals surface area contributed by atoms with Crippen molar-refractivity contribution >= 4 is 17.7 Å². The minimum Gasteiger partial charge on any atom is -0.490 e. The van der Waals surface area contributed by atoms with Crippen LogP contribution in [0.1, 0.15) is 5.56 Å². The first-order valence-electron chi connectivity index (χ1n) is 7.52. The van der Waals surface area contributed by atoms with Gasteiger partial charge >= 0.3 is 0 Å². The zero-order chi connectivity index (χ0) is 18.9. The first-order valence-corrected chi connectivity index (χ1v) is 7.52. The van der Waals surface area contributed by atoms with Crippen LogP contribution in [0.4, 0.5) is 5.69 Å². The molecule has 0 fully saturated rings. The van der Waals surface area contributed by atoms with Crippen LogP contribution in [0.3, 0.4) is 0 Å². The highest BCUT2D eigenvalue weighted by Gasteiger charge is 2.07. The van der Waals surface area contributed by atoms with Gasteiger partial charge in [-0.1, -0.05) is 18.2 Å². The monoisotopic (exact) mass is 353 g/mol. The van der Waals surface area contributed by atoms with Crippen LogP contribution < -0.4 is 15.2 Å². The number of nitro benzene ring substituents is 1. The number of carbonyl (C=O) groups is 1. The zero-order valence-corrected chi connectivity index (χ0v) is 13.6. The molecule has 0 saturated heterocycles. The van der Waals surface area contributed by atoms with Crippen LogP contribution in [0, 0.1) is 21.4 Å². The Kier molecular flexibility index (Phi) is 6.28. The van der Waals surface area contributed by atoms with Gasteiger partial charge in [0.1, 0.15) is 36.4 Å². The summed E-state index contributed by atoms with van der Waals surface area (Å²) >= 11 is 0. The minimum absolute atomic E-state index is 0.0166. The molecule has 0 aliphatic rings. The second-order valence-electron chi connectivity index (χ2n) is 5.02. The molecule has 26 heavy (non-hydrogen) atoms. The molecule has 0 aliphatic carbocycles. The van der Waals surface area contributed by atoms with Crippen molar-refractivity contribution in [2.24, 2.45) is 5.73 Å². The van der Waals surface area contributed by atoms with Crippen LogP contribution in [0.2, 0.25) is 0 Å². The first-order chi connectivity index (χ1) is 12.5. The van der Waals surface area contributed by atoms with Crippen LogP contribution >= 0.6 is 0 Å². The van der Waals surface area contributed by atoms with Gasteiger partial charge in [0, 0.05) is 17.7 Å². The van der Waals surface area contributed by atoms with Gasteiger partial charge in [0.15, 0.2) is 0 Å². The standard InChI is InChI=1S/C18H15N3O5/c19-12-14(18(20)22)11-13-3-1-2-4-17(13)26-10-9-25-16-7-5-15(6-8-16)21(23)24/h1-8,11H,9-10H2,(H2,20,22). The van der Waals surface area contributed by atoms with Crippen LogP contribution in [0.5, 0.6) is 11.5 Å². The highest BCUT2D eigenvalue weighted by atomic mass is 16.6. The lowest BCUT2D eigenvalue weighted by Crippen LogP contribution is -2.13. The van der Waals surface area contributed by atoms with E-state index in [0.29, 0.717) is 17.1 Å². The van der Waals surface area contributed by atoms with Crippen molar-refractivity contribution in [1.29, 1.82) is 5.26 Å². The fraction of sp³-hybridized carbons (Fsp3) is 0.111. The van der Waals surface area contributed by atoms with Crippen LogP contribution in [-0.4, -0.2) is 24.0 Å². The second kappa shape index (κ2) is 8.84. The zero-order valence-electron chi connectivity index (χ0n) is 13.6. The highest BCUT2D eigenvalue weighted by molar-refractivity contribution is 6.00. The molecular formula is C18H15N3O5. The molecule has 132 valence electrons. The molecule has 0 aliphatic heterocycles. The molecule has 0 unspecified atom stereocenters. The number of non-ortho nitro benzene ring substituents is 1. The Labute approximate surface area is 149 Å². The van der Waals surface area contributed by atoms with Crippen molar-refractivity contribution in [2.45, 2.75) is 0 Å². The summed E-state index contributed by atoms with van der Waals surface area (Å²) in [6.07, 6.45) is 1.36. The molecule has 1 amide bonds. The van der Waals surface area contributed by atoms with Gasteiger partial charge in [-0.2, -0.15) is 5.26 Å². The lowest BCUT2D eigenvalue weighted by atomic mass is 10.1. The number of hydrogen-bond acceptors (Lipinski definition) is 6. The summed E-state index contributed by atoms with van der Waals surface area (Å²) in [6.45, 7) is 0.400. The normalized spacial score (nSPS) is 10.7. The highest BCUT2D eigenvalue weighted by Crippen LogP contribution is 2.21. The molecular weight excluding hydrogens is 338 g/mol. The number of para-hydroxylation sites is 1. The topological polar surface area (TPSA) is 128 Å². The Balaban J connectivity index is 1.95. The summed E-state index contributed by atoms with van der Waals surface area (Å²) in [4.78, 5) is 21.3. The van der Waals surface area contributed by atoms with E-state index in [2.05, 4.69) is 0 Å². The molecule has 8 nitrogen and oxygen atoms in total. The van der Waals surface area contributed by atoms with Gasteiger partial charge in [-0.25, -0.2) is 0 Å². The number of primary amides is 1. The molecule has 0 saturated carbocycles. The first kappa shape index (κ1) is 18.5. The third-order valence-corrected chi connectivity index (χ3v) is 3.26. The van der Waals surface area contributed by atoms with E-state index in [1.807, 2.05) is 0 Å². The Morgan fingerprint density at radius 3 is 2.42 bits per heavy atom. The summed E-state index contributed by atoms with van der Waals surface area (Å²) in [5.41, 5.74) is 5.47. The molecule has 2 aromatic carbocycles. The van der Waals surface area contributed by atoms with Crippen molar-refractivity contribution < 1.29 is 19.2 Å². The van der Waals surface area contributed by atoms with E-state index in [-0.39, 0.29) is 24.5 Å². The maximum Gasteiger partial charge on any atom is 0.269 e. The summed E-state index contributed by atoms with van der Waals surface area (Å²) in [6, 6.07) is 14.3. The number of nitrogens with two attached hydrogens (primary N) is 1. The van der Waals surface area contributed by atoms with E-state index in [0.717, 1.165) is 0 Å². The molecule has 0 bridgehead atoms. The molecule has 2 aromatic rings. The van der Waals surface area contributed by atoms with E-state index in [9.17, 15) is 14.9 Å². The number of carbonyl (C=O) groups excluding carboxylic acids is 1. The lowest BCUT2D eigenvalue weighted by molar-refractivity contribution is -0.384. The van der Waals surface area contributed by atoms with Gasteiger partial charge in [-0.3, -0.25) is 14.9 Å². The lowest BCUT2D eigenvalue weighted by Gasteiger charge is -2.10. The minimum atomic E-state index is -0.816. The Morgan fingerprint density at radius 1 is 1.15 bits per heavy atom. The van der Waals surface area contributed by atoms with Gasteiger partial charge in [-0.05, 0) is 24.3 Å². The number of amides is 1. The third kappa shape index (κ3) is 5.07. The SMILES string of the molecule is N#CC(=Cc1ccccc1OCCOc1ccc([N+](=O)[O-])cc1)C(N)=O. The third-order valence-electron chi connectivity index (χ3n) is 3.26. The van der Waals surface area contributed by atoms with Gasteiger partial charge in [0.2, 0.25) is 0 Å². The van der Waals surface area contributed by atoms with Crippen molar-refractivity contribution in [3.05, 3.63) is 69.8 Å². The maximum atomic E-state index is 11.2. The van der Waals surface area contributed by atoms with Crippen LogP contribution in [0.15, 0.2) is 54.1 Å². The number of nitriles is 1. The fourth-order valence-corrected chi connectivity index (χ4v) is 2.02. The number of rotatable bonds is 8. The van der Waals surface area contributed by atoms with E-state index in [1.165, 1.54) is 30.3 Å². The largest absolute Gasteiger partial charge is 0.490 e. The smallest absolute Gasteiger partial charge is 0.269 e. The molecule has 0 heterocycles. The molecule has 0 aromatic heterocycles. The Bertz CT molecular complexity index is 869. The number of ether oxygens (including phenoxy) is 2. The predicted octanol–water partition coefficient (Wildman–Crippen LogP) is 2.44. The van der Waals surface area contributed by atoms with Gasteiger partial charge in [0.05, 0.1) is 4.92 Å². The summed E-state index contributed by atoms with van der Waals surface area (Å²) < 4.78 is 11.1. The Hall–Kier alpha value is -3.86. The molecule has 0 atom stereocenters. The average Bonchev–Trinajstić information content (AvgIpc) is 2.64. The van der Waals surface area contributed by atoms with Gasteiger partial charge < -0.3 is 15.2 Å². The van der Waals surface area contributed by atoms with Crippen molar-refractivity contribution in [1.82, 2.24) is 0 Å². The molecule has 2 N–H and O–H groups in total. The molecule has 2 rings (SSSR count). The maximum absolute atomic E-state index is 11.2. The molecule has 8 heteroatoms. The fourth-order valence-electron chi connectivity index (χ4n) is 2.02. The molecule has 0 radical (unpaired) electrons. The van der Waals surface area contributed by atoms with Crippen LogP contribution in [0.25, 0.3) is 6.08 Å². The van der Waals surface area contributed by atoms with E-state index < -0.39 is 10.8 Å². The van der Waals surface area contributed by atoms with Crippen molar-refractivity contribution in [3.63, 3.8) is 0 Å². The van der Waals surface area contributed by atoms with E-state index >= 15 is 0 Å². The second-order valence-corrected chi connectivity index (χ2v) is 5.02. The predicted molar refractivity (Wildman–Crippen MR) is 93.3 cm³/mol. The number of hydrogen-bond donors (Lipinski definition) is 1. The van der Waals surface area contributed by atoms with E-state index in [4.69, 9.17) is 20.5 Å². The van der Waals surface area contributed by atoms with Crippen LogP contribution in [-0.2, 0) is 4.79 Å². The number of nitrogens with zero attached hydrogens (tertiary/aromatic N) is 2. The molecule has 0 spiro atoms. The summed E-state index contributed by atoms with van der Waals surface area (Å²) in [7, 11) is 0.